The Balaban J connectivity index is 1.20. The van der Waals surface area contributed by atoms with E-state index in [0.29, 0.717) is 0 Å². The minimum Gasteiger partial charge on any atom is -0.458 e. The highest BCUT2D eigenvalue weighted by atomic mass is 16.5. The fourth-order valence-electron chi connectivity index (χ4n) is 7.42. The van der Waals surface area contributed by atoms with Crippen molar-refractivity contribution < 1.29 is 13.9 Å². The number of fused-ring (bicyclic) bond motifs is 10. The lowest BCUT2D eigenvalue weighted by Gasteiger charge is -2.33. The molecule has 46 heavy (non-hydrogen) atoms. The van der Waals surface area contributed by atoms with E-state index in [1.807, 2.05) is 12.1 Å². The molecule has 0 bridgehead atoms. The quantitative estimate of drug-likeness (QED) is 0.192. The Morgan fingerprint density at radius 1 is 0.522 bits per heavy atom. The molecule has 0 radical (unpaired) electrons. The molecule has 0 N–H and O–H groups in total. The summed E-state index contributed by atoms with van der Waals surface area (Å²) in [6, 6.07) is 48.8. The number of benzene rings is 7. The van der Waals surface area contributed by atoms with Crippen molar-refractivity contribution in [3.05, 3.63) is 145 Å². The van der Waals surface area contributed by atoms with Gasteiger partial charge in [0.1, 0.15) is 22.8 Å². The van der Waals surface area contributed by atoms with Crippen LogP contribution in [0.25, 0.3) is 32.7 Å². The van der Waals surface area contributed by atoms with Crippen molar-refractivity contribution >= 4 is 72.9 Å². The molecular formula is C41H26BNO3. The first-order valence-electron chi connectivity index (χ1n) is 15.6. The zero-order valence-corrected chi connectivity index (χ0v) is 25.0. The molecule has 0 fully saturated rings. The lowest BCUT2D eigenvalue weighted by molar-refractivity contribution is 0.461. The predicted octanol–water partition coefficient (Wildman–Crippen LogP) is 9.25. The molecule has 8 aromatic rings. The number of hydrogen-bond acceptors (Lipinski definition) is 4. The smallest absolute Gasteiger partial charge is 0.261 e. The molecule has 1 aromatic heterocycles. The Hall–Kier alpha value is -5.94. The van der Waals surface area contributed by atoms with E-state index in [0.717, 1.165) is 78.5 Å². The van der Waals surface area contributed by atoms with Gasteiger partial charge in [-0.05, 0) is 88.8 Å². The Labute approximate surface area is 266 Å². The number of rotatable bonds is 3. The standard InChI is InChI=1S/C41H26BNO3/c1-25-22-36-39-37(23-25)46-41-33(42(39)38-30-15-9-8-10-26(30)16-21-34(38)44-36)20-19-32-31-18-17-29(24-35(31)45-40(32)41)43(27-11-4-2-5-12-27)28-13-6-3-7-14-28/h2-24H,1H3. The van der Waals surface area contributed by atoms with E-state index in [-0.39, 0.29) is 6.71 Å². The fraction of sp³-hybridized carbons (Fsp3) is 0.0244. The lowest BCUT2D eigenvalue weighted by atomic mass is 9.34. The Morgan fingerprint density at radius 3 is 2.00 bits per heavy atom. The number of anilines is 3. The van der Waals surface area contributed by atoms with Crippen molar-refractivity contribution in [3.63, 3.8) is 0 Å². The van der Waals surface area contributed by atoms with E-state index in [4.69, 9.17) is 13.9 Å². The van der Waals surface area contributed by atoms with Crippen molar-refractivity contribution in [3.8, 4) is 23.0 Å². The zero-order valence-electron chi connectivity index (χ0n) is 25.0. The summed E-state index contributed by atoms with van der Waals surface area (Å²) in [6.07, 6.45) is 0. The number of para-hydroxylation sites is 2. The van der Waals surface area contributed by atoms with Crippen molar-refractivity contribution in [2.45, 2.75) is 6.92 Å². The van der Waals surface area contributed by atoms with Gasteiger partial charge in [-0.1, -0.05) is 78.9 Å². The summed E-state index contributed by atoms with van der Waals surface area (Å²) in [6.45, 7) is 2.03. The summed E-state index contributed by atoms with van der Waals surface area (Å²) < 4.78 is 20.2. The maximum atomic E-state index is 6.81. The molecule has 0 atom stereocenters. The van der Waals surface area contributed by atoms with Gasteiger partial charge in [-0.2, -0.15) is 0 Å². The topological polar surface area (TPSA) is 34.8 Å². The van der Waals surface area contributed by atoms with Crippen LogP contribution in [0.3, 0.4) is 0 Å². The predicted molar refractivity (Wildman–Crippen MR) is 188 cm³/mol. The van der Waals surface area contributed by atoms with Gasteiger partial charge in [0.2, 0.25) is 0 Å². The first-order valence-corrected chi connectivity index (χ1v) is 15.6. The van der Waals surface area contributed by atoms with Gasteiger partial charge in [0.15, 0.2) is 11.3 Å². The Kier molecular flexibility index (Phi) is 5.26. The SMILES string of the molecule is Cc1cc2c3c(c1)Oc1c(ccc4c1oc1cc(N(c5ccccc5)c5ccccc5)ccc14)B3c1c(ccc3ccccc13)O2. The van der Waals surface area contributed by atoms with Crippen molar-refractivity contribution in [2.75, 3.05) is 4.90 Å². The maximum Gasteiger partial charge on any atom is 0.261 e. The van der Waals surface area contributed by atoms with E-state index < -0.39 is 0 Å². The molecule has 216 valence electrons. The second-order valence-corrected chi connectivity index (χ2v) is 12.2. The summed E-state index contributed by atoms with van der Waals surface area (Å²) in [7, 11) is 0. The molecular weight excluding hydrogens is 565 g/mol. The van der Waals surface area contributed by atoms with Crippen molar-refractivity contribution in [2.24, 2.45) is 0 Å². The molecule has 0 aliphatic carbocycles. The molecule has 2 aliphatic heterocycles. The van der Waals surface area contributed by atoms with Crippen LogP contribution >= 0.6 is 0 Å². The largest absolute Gasteiger partial charge is 0.458 e. The average Bonchev–Trinajstić information content (AvgIpc) is 3.47. The first-order chi connectivity index (χ1) is 22.7. The van der Waals surface area contributed by atoms with Gasteiger partial charge in [0, 0.05) is 39.4 Å². The van der Waals surface area contributed by atoms with Crippen molar-refractivity contribution in [1.82, 2.24) is 0 Å². The number of aryl methyl sites for hydroxylation is 1. The van der Waals surface area contributed by atoms with Crippen LogP contribution < -0.4 is 30.8 Å². The van der Waals surface area contributed by atoms with E-state index in [2.05, 4.69) is 139 Å². The maximum absolute atomic E-state index is 6.81. The van der Waals surface area contributed by atoms with E-state index in [1.165, 1.54) is 16.2 Å². The van der Waals surface area contributed by atoms with E-state index >= 15 is 0 Å². The van der Waals surface area contributed by atoms with Gasteiger partial charge in [-0.15, -0.1) is 0 Å². The third kappa shape index (κ3) is 3.63. The normalized spacial score (nSPS) is 12.8. The molecule has 0 saturated heterocycles. The number of hydrogen-bond donors (Lipinski definition) is 0. The van der Waals surface area contributed by atoms with Gasteiger partial charge in [-0.3, -0.25) is 0 Å². The molecule has 0 unspecified atom stereocenters. The van der Waals surface area contributed by atoms with Crippen LogP contribution in [0, 0.1) is 6.92 Å². The third-order valence-electron chi connectivity index (χ3n) is 9.40. The van der Waals surface area contributed by atoms with Gasteiger partial charge >= 0.3 is 0 Å². The molecule has 5 heteroatoms. The molecule has 0 spiro atoms. The second kappa shape index (κ2) is 9.53. The minimum atomic E-state index is -0.0518. The van der Waals surface area contributed by atoms with Crippen LogP contribution in [0.4, 0.5) is 17.1 Å². The van der Waals surface area contributed by atoms with Gasteiger partial charge in [0.25, 0.3) is 6.71 Å². The summed E-state index contributed by atoms with van der Waals surface area (Å²) in [5.74, 6) is 3.33. The molecule has 4 nitrogen and oxygen atoms in total. The molecule has 0 saturated carbocycles. The third-order valence-corrected chi connectivity index (χ3v) is 9.40. The highest BCUT2D eigenvalue weighted by Gasteiger charge is 2.42. The van der Waals surface area contributed by atoms with Crippen LogP contribution in [0.2, 0.25) is 0 Å². The molecule has 7 aromatic carbocycles. The van der Waals surface area contributed by atoms with Gasteiger partial charge < -0.3 is 18.8 Å². The average molecular weight is 591 g/mol. The van der Waals surface area contributed by atoms with Crippen molar-refractivity contribution in [1.29, 1.82) is 0 Å². The van der Waals surface area contributed by atoms with Gasteiger partial charge in [-0.25, -0.2) is 0 Å². The molecule has 2 aliphatic rings. The monoisotopic (exact) mass is 591 g/mol. The summed E-state index contributed by atoms with van der Waals surface area (Å²) in [5, 5.41) is 4.47. The lowest BCUT2D eigenvalue weighted by Crippen LogP contribution is -2.57. The highest BCUT2D eigenvalue weighted by molar-refractivity contribution is 6.99. The molecule has 0 amide bonds. The molecule has 10 rings (SSSR count). The second-order valence-electron chi connectivity index (χ2n) is 12.2. The summed E-state index contributed by atoms with van der Waals surface area (Å²) in [4.78, 5) is 2.25. The number of furan rings is 1. The summed E-state index contributed by atoms with van der Waals surface area (Å²) >= 11 is 0. The van der Waals surface area contributed by atoms with Crippen LogP contribution in [0.1, 0.15) is 5.56 Å². The van der Waals surface area contributed by atoms with Crippen LogP contribution in [0.15, 0.2) is 144 Å². The summed E-state index contributed by atoms with van der Waals surface area (Å²) in [5.41, 5.74) is 9.17. The number of nitrogens with zero attached hydrogens (tertiary/aromatic N) is 1. The fourth-order valence-corrected chi connectivity index (χ4v) is 7.42. The van der Waals surface area contributed by atoms with E-state index in [1.54, 1.807) is 0 Å². The van der Waals surface area contributed by atoms with Crippen LogP contribution in [-0.2, 0) is 0 Å². The van der Waals surface area contributed by atoms with Crippen LogP contribution in [-0.4, -0.2) is 6.71 Å². The van der Waals surface area contributed by atoms with Gasteiger partial charge in [0.05, 0.1) is 0 Å². The highest BCUT2D eigenvalue weighted by Crippen LogP contribution is 2.43. The van der Waals surface area contributed by atoms with Crippen LogP contribution in [0.5, 0.6) is 23.0 Å². The Morgan fingerprint density at radius 2 is 1.22 bits per heavy atom. The molecule has 3 heterocycles. The number of ether oxygens (including phenoxy) is 2. The minimum absolute atomic E-state index is 0.0518. The first kappa shape index (κ1) is 25.4. The Bertz CT molecular complexity index is 2470. The zero-order chi connectivity index (χ0) is 30.4. The van der Waals surface area contributed by atoms with E-state index in [9.17, 15) is 0 Å².